The highest BCUT2D eigenvalue weighted by atomic mass is 79.9. The highest BCUT2D eigenvalue weighted by molar-refractivity contribution is 9.10. The summed E-state index contributed by atoms with van der Waals surface area (Å²) in [5.41, 5.74) is 7.81. The van der Waals surface area contributed by atoms with Gasteiger partial charge in [0, 0.05) is 15.4 Å². The first kappa shape index (κ1) is 11.2. The summed E-state index contributed by atoms with van der Waals surface area (Å²) >= 11 is 3.42. The molecule has 2 aromatic carbocycles. The number of hydrogen-bond acceptors (Lipinski definition) is 3. The van der Waals surface area contributed by atoms with E-state index in [0.717, 1.165) is 20.9 Å². The zero-order valence-electron chi connectivity index (χ0n) is 9.47. The number of halogens is 1. The van der Waals surface area contributed by atoms with E-state index in [-0.39, 0.29) is 0 Å². The van der Waals surface area contributed by atoms with E-state index in [1.54, 1.807) is 0 Å². The molecule has 0 saturated carbocycles. The fourth-order valence-electron chi connectivity index (χ4n) is 1.84. The molecule has 0 fully saturated rings. The van der Waals surface area contributed by atoms with Crippen molar-refractivity contribution in [3.8, 4) is 11.4 Å². The minimum Gasteiger partial charge on any atom is -0.383 e. The van der Waals surface area contributed by atoms with Crippen molar-refractivity contribution in [2.75, 3.05) is 5.73 Å². The van der Waals surface area contributed by atoms with Crippen LogP contribution in [0.25, 0.3) is 22.3 Å². The molecule has 0 unspecified atom stereocenters. The first-order valence-electron chi connectivity index (χ1n) is 5.52. The Balaban J connectivity index is 2.25. The van der Waals surface area contributed by atoms with Gasteiger partial charge in [-0.3, -0.25) is 0 Å². The predicted molar refractivity (Wildman–Crippen MR) is 77.1 cm³/mol. The lowest BCUT2D eigenvalue weighted by atomic mass is 10.2. The van der Waals surface area contributed by atoms with Crippen molar-refractivity contribution in [1.29, 1.82) is 0 Å². The SMILES string of the molecule is Nc1nc(-c2ccccc2)nc2ccc(Br)cc12. The van der Waals surface area contributed by atoms with E-state index < -0.39 is 0 Å². The third-order valence-corrected chi connectivity index (χ3v) is 3.21. The van der Waals surface area contributed by atoms with E-state index in [0.29, 0.717) is 11.6 Å². The van der Waals surface area contributed by atoms with E-state index in [1.165, 1.54) is 0 Å². The van der Waals surface area contributed by atoms with E-state index in [9.17, 15) is 0 Å². The van der Waals surface area contributed by atoms with Crippen molar-refractivity contribution in [3.05, 3.63) is 53.0 Å². The van der Waals surface area contributed by atoms with Gasteiger partial charge in [0.2, 0.25) is 0 Å². The molecule has 0 bridgehead atoms. The monoisotopic (exact) mass is 299 g/mol. The lowest BCUT2D eigenvalue weighted by Gasteiger charge is -2.05. The lowest BCUT2D eigenvalue weighted by Crippen LogP contribution is -1.97. The quantitative estimate of drug-likeness (QED) is 0.746. The average Bonchev–Trinajstić information content (AvgIpc) is 2.40. The molecule has 0 radical (unpaired) electrons. The summed E-state index contributed by atoms with van der Waals surface area (Å²) in [5, 5.41) is 0.865. The van der Waals surface area contributed by atoms with Gasteiger partial charge >= 0.3 is 0 Å². The normalized spacial score (nSPS) is 10.7. The van der Waals surface area contributed by atoms with Gasteiger partial charge in [0.25, 0.3) is 0 Å². The van der Waals surface area contributed by atoms with Crippen molar-refractivity contribution >= 4 is 32.7 Å². The third kappa shape index (κ3) is 1.95. The molecule has 2 N–H and O–H groups in total. The molecule has 0 aliphatic heterocycles. The Kier molecular flexibility index (Phi) is 2.72. The number of aromatic nitrogens is 2. The first-order chi connectivity index (χ1) is 8.74. The Bertz CT molecular complexity index is 711. The summed E-state index contributed by atoms with van der Waals surface area (Å²) in [6.07, 6.45) is 0. The number of anilines is 1. The highest BCUT2D eigenvalue weighted by Crippen LogP contribution is 2.25. The van der Waals surface area contributed by atoms with E-state index in [2.05, 4.69) is 25.9 Å². The van der Waals surface area contributed by atoms with Crippen molar-refractivity contribution in [2.24, 2.45) is 0 Å². The van der Waals surface area contributed by atoms with Crippen LogP contribution in [-0.2, 0) is 0 Å². The Morgan fingerprint density at radius 3 is 2.50 bits per heavy atom. The van der Waals surface area contributed by atoms with Crippen LogP contribution in [0.5, 0.6) is 0 Å². The van der Waals surface area contributed by atoms with Crippen LogP contribution in [0, 0.1) is 0 Å². The van der Waals surface area contributed by atoms with Gasteiger partial charge < -0.3 is 5.73 Å². The third-order valence-electron chi connectivity index (χ3n) is 2.72. The molecule has 0 aliphatic carbocycles. The van der Waals surface area contributed by atoms with Gasteiger partial charge in [0.05, 0.1) is 5.52 Å². The number of nitrogens with zero attached hydrogens (tertiary/aromatic N) is 2. The van der Waals surface area contributed by atoms with Gasteiger partial charge in [-0.2, -0.15) is 0 Å². The van der Waals surface area contributed by atoms with Crippen LogP contribution in [0.3, 0.4) is 0 Å². The molecule has 3 aromatic rings. The number of fused-ring (bicyclic) bond motifs is 1. The van der Waals surface area contributed by atoms with Gasteiger partial charge in [-0.1, -0.05) is 46.3 Å². The first-order valence-corrected chi connectivity index (χ1v) is 6.31. The molecular weight excluding hydrogens is 290 g/mol. The molecule has 0 amide bonds. The van der Waals surface area contributed by atoms with Crippen molar-refractivity contribution in [1.82, 2.24) is 9.97 Å². The number of benzene rings is 2. The van der Waals surface area contributed by atoms with Crippen molar-refractivity contribution < 1.29 is 0 Å². The maximum Gasteiger partial charge on any atom is 0.162 e. The molecule has 4 heteroatoms. The zero-order chi connectivity index (χ0) is 12.5. The predicted octanol–water partition coefficient (Wildman–Crippen LogP) is 3.64. The van der Waals surface area contributed by atoms with Crippen LogP contribution < -0.4 is 5.73 Å². The Morgan fingerprint density at radius 2 is 1.72 bits per heavy atom. The number of rotatable bonds is 1. The molecule has 0 atom stereocenters. The minimum atomic E-state index is 0.500. The molecule has 0 saturated heterocycles. The Labute approximate surface area is 113 Å². The van der Waals surface area contributed by atoms with Crippen molar-refractivity contribution in [3.63, 3.8) is 0 Å². The van der Waals surface area contributed by atoms with Gasteiger partial charge in [-0.05, 0) is 18.2 Å². The molecule has 1 heterocycles. The van der Waals surface area contributed by atoms with Crippen LogP contribution in [0.1, 0.15) is 0 Å². The molecular formula is C14H10BrN3. The maximum absolute atomic E-state index is 5.99. The summed E-state index contributed by atoms with van der Waals surface area (Å²) in [4.78, 5) is 8.89. The largest absolute Gasteiger partial charge is 0.383 e. The summed E-state index contributed by atoms with van der Waals surface area (Å²) in [6.45, 7) is 0. The lowest BCUT2D eigenvalue weighted by molar-refractivity contribution is 1.23. The fourth-order valence-corrected chi connectivity index (χ4v) is 2.20. The summed E-state index contributed by atoms with van der Waals surface area (Å²) in [7, 11) is 0. The minimum absolute atomic E-state index is 0.500. The smallest absolute Gasteiger partial charge is 0.162 e. The average molecular weight is 300 g/mol. The molecule has 3 nitrogen and oxygen atoms in total. The standard InChI is InChI=1S/C14H10BrN3/c15-10-6-7-12-11(8-10)13(16)18-14(17-12)9-4-2-1-3-5-9/h1-8H,(H2,16,17,18). The summed E-state index contributed by atoms with van der Waals surface area (Å²) in [5.74, 6) is 1.16. The summed E-state index contributed by atoms with van der Waals surface area (Å²) in [6, 6.07) is 15.6. The molecule has 0 aliphatic rings. The van der Waals surface area contributed by atoms with Crippen LogP contribution in [0.4, 0.5) is 5.82 Å². The van der Waals surface area contributed by atoms with Gasteiger partial charge in [0.1, 0.15) is 5.82 Å². The molecule has 88 valence electrons. The molecule has 1 aromatic heterocycles. The Morgan fingerprint density at radius 1 is 0.944 bits per heavy atom. The second-order valence-corrected chi connectivity index (χ2v) is 4.88. The van der Waals surface area contributed by atoms with E-state index >= 15 is 0 Å². The highest BCUT2D eigenvalue weighted by Gasteiger charge is 2.07. The number of nitrogen functional groups attached to an aromatic ring is 1. The second-order valence-electron chi connectivity index (χ2n) is 3.96. The van der Waals surface area contributed by atoms with Gasteiger partial charge in [-0.25, -0.2) is 9.97 Å². The number of nitrogens with two attached hydrogens (primary N) is 1. The van der Waals surface area contributed by atoms with Crippen LogP contribution in [0.15, 0.2) is 53.0 Å². The molecule has 18 heavy (non-hydrogen) atoms. The second kappa shape index (κ2) is 4.38. The van der Waals surface area contributed by atoms with Crippen molar-refractivity contribution in [2.45, 2.75) is 0 Å². The van der Waals surface area contributed by atoms with E-state index in [1.807, 2.05) is 48.5 Å². The fraction of sp³-hybridized carbons (Fsp3) is 0. The zero-order valence-corrected chi connectivity index (χ0v) is 11.1. The topological polar surface area (TPSA) is 51.8 Å². The molecule has 3 rings (SSSR count). The van der Waals surface area contributed by atoms with E-state index in [4.69, 9.17) is 5.73 Å². The van der Waals surface area contributed by atoms with Crippen LogP contribution in [0.2, 0.25) is 0 Å². The maximum atomic E-state index is 5.99. The van der Waals surface area contributed by atoms with Gasteiger partial charge in [0.15, 0.2) is 5.82 Å². The number of hydrogen-bond donors (Lipinski definition) is 1. The van der Waals surface area contributed by atoms with Crippen LogP contribution in [-0.4, -0.2) is 9.97 Å². The Hall–Kier alpha value is -1.94. The van der Waals surface area contributed by atoms with Gasteiger partial charge in [-0.15, -0.1) is 0 Å². The van der Waals surface area contributed by atoms with Crippen LogP contribution >= 0.6 is 15.9 Å². The summed E-state index contributed by atoms with van der Waals surface area (Å²) < 4.78 is 0.970. The molecule has 0 spiro atoms.